The number of carboxylic acid groups (broad SMARTS) is 1. The first-order chi connectivity index (χ1) is 9.23. The second-order valence-corrected chi connectivity index (χ2v) is 6.48. The van der Waals surface area contributed by atoms with Crippen molar-refractivity contribution in [2.75, 3.05) is 20.1 Å². The highest BCUT2D eigenvalue weighted by Gasteiger charge is 2.45. The zero-order valence-corrected chi connectivity index (χ0v) is 13.3. The quantitative estimate of drug-likeness (QED) is 0.844. The number of urea groups is 1. The molecule has 0 aromatic rings. The first-order valence-corrected chi connectivity index (χ1v) is 7.48. The fourth-order valence-corrected chi connectivity index (χ4v) is 2.90. The molecule has 1 saturated heterocycles. The van der Waals surface area contributed by atoms with Crippen LogP contribution < -0.4 is 0 Å². The topological polar surface area (TPSA) is 60.9 Å². The number of nitrogens with zero attached hydrogens (tertiary/aromatic N) is 2. The zero-order valence-electron chi connectivity index (χ0n) is 13.3. The first kappa shape index (κ1) is 16.8. The summed E-state index contributed by atoms with van der Waals surface area (Å²) in [5.74, 6) is -0.249. The molecule has 5 nitrogen and oxygen atoms in total. The highest BCUT2D eigenvalue weighted by Crippen LogP contribution is 2.34. The summed E-state index contributed by atoms with van der Waals surface area (Å²) in [6.07, 6.45) is 2.07. The molecule has 0 spiro atoms. The van der Waals surface area contributed by atoms with Crippen molar-refractivity contribution in [3.8, 4) is 0 Å². The van der Waals surface area contributed by atoms with Crippen molar-refractivity contribution in [3.05, 3.63) is 0 Å². The summed E-state index contributed by atoms with van der Waals surface area (Å²) in [6, 6.07) is 0.124. The summed E-state index contributed by atoms with van der Waals surface area (Å²) in [6.45, 7) is 9.06. The summed E-state index contributed by atoms with van der Waals surface area (Å²) < 4.78 is 0. The van der Waals surface area contributed by atoms with Gasteiger partial charge in [0.2, 0.25) is 0 Å². The van der Waals surface area contributed by atoms with Crippen LogP contribution in [0.1, 0.15) is 47.0 Å². The van der Waals surface area contributed by atoms with E-state index in [-0.39, 0.29) is 12.1 Å². The Kier molecular flexibility index (Phi) is 5.42. The van der Waals surface area contributed by atoms with Gasteiger partial charge in [-0.1, -0.05) is 20.8 Å². The number of hydrogen-bond acceptors (Lipinski definition) is 2. The number of carbonyl (C=O) groups excluding carboxylic acids is 1. The largest absolute Gasteiger partial charge is 0.481 e. The molecule has 5 heteroatoms. The smallest absolute Gasteiger partial charge is 0.320 e. The Balaban J connectivity index is 2.68. The molecule has 1 heterocycles. The molecule has 2 amide bonds. The van der Waals surface area contributed by atoms with Crippen LogP contribution in [-0.2, 0) is 4.79 Å². The van der Waals surface area contributed by atoms with Gasteiger partial charge in [0.05, 0.1) is 5.41 Å². The van der Waals surface area contributed by atoms with E-state index in [1.807, 2.05) is 20.9 Å². The number of rotatable bonds is 5. The van der Waals surface area contributed by atoms with Crippen LogP contribution in [-0.4, -0.2) is 53.1 Å². The number of hydrogen-bond donors (Lipinski definition) is 1. The predicted octanol–water partition coefficient (Wildman–Crippen LogP) is 2.66. The van der Waals surface area contributed by atoms with Crippen molar-refractivity contribution in [1.29, 1.82) is 0 Å². The third-order valence-electron chi connectivity index (χ3n) is 4.53. The minimum Gasteiger partial charge on any atom is -0.481 e. The number of likely N-dealkylation sites (tertiary alicyclic amines) is 1. The van der Waals surface area contributed by atoms with E-state index in [1.165, 1.54) is 0 Å². The molecule has 0 aromatic carbocycles. The van der Waals surface area contributed by atoms with Crippen molar-refractivity contribution in [3.63, 3.8) is 0 Å². The van der Waals surface area contributed by atoms with Gasteiger partial charge < -0.3 is 14.9 Å². The zero-order chi connectivity index (χ0) is 15.5. The van der Waals surface area contributed by atoms with E-state index in [9.17, 15) is 14.7 Å². The first-order valence-electron chi connectivity index (χ1n) is 7.48. The average Bonchev–Trinajstić information content (AvgIpc) is 2.81. The van der Waals surface area contributed by atoms with Crippen molar-refractivity contribution in [2.45, 2.75) is 53.0 Å². The van der Waals surface area contributed by atoms with E-state index in [1.54, 1.807) is 9.80 Å². The highest BCUT2D eigenvalue weighted by atomic mass is 16.4. The van der Waals surface area contributed by atoms with Gasteiger partial charge in [0.1, 0.15) is 0 Å². The van der Waals surface area contributed by atoms with Crippen molar-refractivity contribution >= 4 is 12.0 Å². The minimum atomic E-state index is -0.784. The summed E-state index contributed by atoms with van der Waals surface area (Å²) >= 11 is 0. The lowest BCUT2D eigenvalue weighted by Crippen LogP contribution is -2.46. The average molecular weight is 284 g/mol. The second kappa shape index (κ2) is 6.46. The molecule has 1 aliphatic heterocycles. The molecule has 0 aliphatic carbocycles. The lowest BCUT2D eigenvalue weighted by atomic mass is 9.84. The van der Waals surface area contributed by atoms with E-state index >= 15 is 0 Å². The summed E-state index contributed by atoms with van der Waals surface area (Å²) in [4.78, 5) is 27.3. The molecular weight excluding hydrogens is 256 g/mol. The molecule has 1 N–H and O–H groups in total. The molecule has 0 bridgehead atoms. The van der Waals surface area contributed by atoms with Crippen molar-refractivity contribution in [1.82, 2.24) is 9.80 Å². The van der Waals surface area contributed by atoms with Crippen molar-refractivity contribution < 1.29 is 14.7 Å². The minimum absolute atomic E-state index is 0.0466. The Morgan fingerprint density at radius 2 is 1.95 bits per heavy atom. The van der Waals surface area contributed by atoms with Crippen LogP contribution in [0.5, 0.6) is 0 Å². The van der Waals surface area contributed by atoms with Gasteiger partial charge in [0, 0.05) is 26.2 Å². The Bertz CT molecular complexity index is 370. The Labute approximate surface area is 121 Å². The van der Waals surface area contributed by atoms with Gasteiger partial charge in [-0.15, -0.1) is 0 Å². The van der Waals surface area contributed by atoms with E-state index < -0.39 is 11.4 Å². The van der Waals surface area contributed by atoms with Gasteiger partial charge in [-0.3, -0.25) is 4.79 Å². The predicted molar refractivity (Wildman–Crippen MR) is 78.6 cm³/mol. The van der Waals surface area contributed by atoms with E-state index in [0.29, 0.717) is 31.8 Å². The van der Waals surface area contributed by atoms with Crippen LogP contribution in [0.25, 0.3) is 0 Å². The third-order valence-corrected chi connectivity index (χ3v) is 4.53. The molecule has 2 atom stereocenters. The van der Waals surface area contributed by atoms with Crippen LogP contribution in [0.3, 0.4) is 0 Å². The fraction of sp³-hybridized carbons (Fsp3) is 0.867. The molecule has 0 saturated carbocycles. The number of amides is 2. The summed E-state index contributed by atoms with van der Waals surface area (Å²) in [7, 11) is 1.81. The Morgan fingerprint density at radius 3 is 2.35 bits per heavy atom. The van der Waals surface area contributed by atoms with Gasteiger partial charge >= 0.3 is 12.0 Å². The maximum atomic E-state index is 12.5. The molecule has 2 unspecified atom stereocenters. The fourth-order valence-electron chi connectivity index (χ4n) is 2.90. The van der Waals surface area contributed by atoms with Crippen LogP contribution >= 0.6 is 0 Å². The van der Waals surface area contributed by atoms with Gasteiger partial charge in [-0.05, 0) is 32.1 Å². The standard InChI is InChI=1S/C15H28N2O3/c1-6-15(13(18)19)7-8-17(10-15)14(20)16(5)12(4)9-11(2)3/h11-12H,6-10H2,1-5H3,(H,18,19). The lowest BCUT2D eigenvalue weighted by Gasteiger charge is -2.31. The molecule has 1 rings (SSSR count). The number of carbonyl (C=O) groups is 2. The Morgan fingerprint density at radius 1 is 1.35 bits per heavy atom. The number of aliphatic carboxylic acids is 1. The maximum absolute atomic E-state index is 12.5. The maximum Gasteiger partial charge on any atom is 0.320 e. The van der Waals surface area contributed by atoms with Crippen LogP contribution in [0.15, 0.2) is 0 Å². The van der Waals surface area contributed by atoms with Gasteiger partial charge in [-0.2, -0.15) is 0 Å². The molecule has 1 aliphatic rings. The van der Waals surface area contributed by atoms with Gasteiger partial charge in [-0.25, -0.2) is 4.79 Å². The molecule has 20 heavy (non-hydrogen) atoms. The molecular formula is C15H28N2O3. The highest BCUT2D eigenvalue weighted by molar-refractivity contribution is 5.79. The summed E-state index contributed by atoms with van der Waals surface area (Å²) in [5, 5.41) is 9.38. The third kappa shape index (κ3) is 3.44. The molecule has 0 radical (unpaired) electrons. The molecule has 0 aromatic heterocycles. The Hall–Kier alpha value is -1.26. The second-order valence-electron chi connectivity index (χ2n) is 6.48. The summed E-state index contributed by atoms with van der Waals surface area (Å²) in [5.41, 5.74) is -0.752. The van der Waals surface area contributed by atoms with E-state index in [4.69, 9.17) is 0 Å². The van der Waals surface area contributed by atoms with E-state index in [0.717, 1.165) is 6.42 Å². The van der Waals surface area contributed by atoms with Crippen LogP contribution in [0.2, 0.25) is 0 Å². The monoisotopic (exact) mass is 284 g/mol. The lowest BCUT2D eigenvalue weighted by molar-refractivity contribution is -0.148. The number of carboxylic acids is 1. The molecule has 1 fully saturated rings. The van der Waals surface area contributed by atoms with Crippen LogP contribution in [0.4, 0.5) is 4.79 Å². The normalized spacial score (nSPS) is 24.0. The van der Waals surface area contributed by atoms with Gasteiger partial charge in [0.25, 0.3) is 0 Å². The van der Waals surface area contributed by atoms with Gasteiger partial charge in [0.15, 0.2) is 0 Å². The molecule has 116 valence electrons. The van der Waals surface area contributed by atoms with E-state index in [2.05, 4.69) is 13.8 Å². The van der Waals surface area contributed by atoms with Crippen molar-refractivity contribution in [2.24, 2.45) is 11.3 Å². The SMILES string of the molecule is CCC1(C(=O)O)CCN(C(=O)N(C)C(C)CC(C)C)C1. The van der Waals surface area contributed by atoms with Crippen LogP contribution in [0, 0.1) is 11.3 Å².